The van der Waals surface area contributed by atoms with Crippen LogP contribution in [0.5, 0.6) is 5.75 Å². The summed E-state index contributed by atoms with van der Waals surface area (Å²) < 4.78 is 10.7. The zero-order chi connectivity index (χ0) is 20.5. The second-order valence-electron chi connectivity index (χ2n) is 6.32. The quantitative estimate of drug-likeness (QED) is 0.392. The third kappa shape index (κ3) is 6.88. The van der Waals surface area contributed by atoms with Gasteiger partial charge in [0.05, 0.1) is 6.26 Å². The van der Waals surface area contributed by atoms with Crippen molar-refractivity contribution < 1.29 is 18.7 Å². The van der Waals surface area contributed by atoms with E-state index in [1.54, 1.807) is 12.1 Å². The molecule has 1 aromatic carbocycles. The van der Waals surface area contributed by atoms with Crippen LogP contribution in [0.2, 0.25) is 0 Å². The van der Waals surface area contributed by atoms with Crippen LogP contribution in [-0.2, 0) is 9.59 Å². The van der Waals surface area contributed by atoms with E-state index < -0.39 is 11.8 Å². The highest BCUT2D eigenvalue weighted by atomic mass is 32.1. The lowest BCUT2D eigenvalue weighted by Gasteiger charge is -2.15. The highest BCUT2D eigenvalue weighted by molar-refractivity contribution is 7.80. The number of hydrazine groups is 1. The van der Waals surface area contributed by atoms with Crippen molar-refractivity contribution in [3.63, 3.8) is 0 Å². The molecule has 3 N–H and O–H groups in total. The maximum absolute atomic E-state index is 12.0. The van der Waals surface area contributed by atoms with Crippen molar-refractivity contribution >= 4 is 35.2 Å². The molecule has 0 atom stereocenters. The molecule has 2 rings (SSSR count). The fraction of sp³-hybridized carbons (Fsp3) is 0.250. The molecule has 0 saturated carbocycles. The van der Waals surface area contributed by atoms with Crippen molar-refractivity contribution in [3.05, 3.63) is 59.6 Å². The van der Waals surface area contributed by atoms with E-state index >= 15 is 0 Å². The van der Waals surface area contributed by atoms with Crippen LogP contribution in [0.3, 0.4) is 0 Å². The SMILES string of the molecule is Cc1ccc(C(C)C)c(OCC(=O)NNC(=S)NC(=O)/C=C/c2ccco2)c1. The van der Waals surface area contributed by atoms with Gasteiger partial charge in [0, 0.05) is 6.08 Å². The minimum Gasteiger partial charge on any atom is -0.483 e. The van der Waals surface area contributed by atoms with Gasteiger partial charge in [-0.3, -0.25) is 25.8 Å². The van der Waals surface area contributed by atoms with Crippen molar-refractivity contribution in [2.45, 2.75) is 26.7 Å². The third-order valence-corrected chi connectivity index (χ3v) is 3.85. The Hall–Kier alpha value is -3.13. The lowest BCUT2D eigenvalue weighted by Crippen LogP contribution is -2.49. The Morgan fingerprint density at radius 1 is 1.25 bits per heavy atom. The van der Waals surface area contributed by atoms with Gasteiger partial charge in [0.1, 0.15) is 11.5 Å². The summed E-state index contributed by atoms with van der Waals surface area (Å²) in [4.78, 5) is 23.7. The van der Waals surface area contributed by atoms with Gasteiger partial charge in [0.15, 0.2) is 11.7 Å². The van der Waals surface area contributed by atoms with Crippen molar-refractivity contribution in [2.24, 2.45) is 0 Å². The molecular formula is C20H23N3O4S. The molecule has 0 aliphatic carbocycles. The summed E-state index contributed by atoms with van der Waals surface area (Å²) in [6.07, 6.45) is 4.27. The van der Waals surface area contributed by atoms with Crippen LogP contribution >= 0.6 is 12.2 Å². The topological polar surface area (TPSA) is 92.6 Å². The highest BCUT2D eigenvalue weighted by Gasteiger charge is 2.10. The van der Waals surface area contributed by atoms with Gasteiger partial charge in [-0.15, -0.1) is 0 Å². The summed E-state index contributed by atoms with van der Waals surface area (Å²) in [5, 5.41) is 2.36. The van der Waals surface area contributed by atoms with Crippen LogP contribution in [0.4, 0.5) is 0 Å². The number of benzene rings is 1. The Morgan fingerprint density at radius 3 is 2.71 bits per heavy atom. The van der Waals surface area contributed by atoms with Gasteiger partial charge in [0.25, 0.3) is 5.91 Å². The van der Waals surface area contributed by atoms with E-state index in [2.05, 4.69) is 30.0 Å². The van der Waals surface area contributed by atoms with Crippen LogP contribution in [0.25, 0.3) is 6.08 Å². The molecule has 8 heteroatoms. The van der Waals surface area contributed by atoms with E-state index in [0.29, 0.717) is 11.5 Å². The van der Waals surface area contributed by atoms with Gasteiger partial charge in [0.2, 0.25) is 5.91 Å². The molecule has 0 aliphatic heterocycles. The van der Waals surface area contributed by atoms with Gasteiger partial charge in [-0.2, -0.15) is 0 Å². The number of thiocarbonyl (C=S) groups is 1. The summed E-state index contributed by atoms with van der Waals surface area (Å²) in [6, 6.07) is 9.31. The number of carbonyl (C=O) groups excluding carboxylic acids is 2. The number of rotatable bonds is 6. The molecule has 0 bridgehead atoms. The number of hydrogen-bond donors (Lipinski definition) is 3. The molecule has 0 radical (unpaired) electrons. The lowest BCUT2D eigenvalue weighted by molar-refractivity contribution is -0.123. The van der Waals surface area contributed by atoms with Crippen LogP contribution in [0.15, 0.2) is 47.1 Å². The maximum Gasteiger partial charge on any atom is 0.276 e. The van der Waals surface area contributed by atoms with Crippen molar-refractivity contribution in [3.8, 4) is 5.75 Å². The molecule has 0 spiro atoms. The Kier molecular flexibility index (Phi) is 7.76. The number of ether oxygens (including phenoxy) is 1. The molecule has 1 heterocycles. The van der Waals surface area contributed by atoms with E-state index in [0.717, 1.165) is 11.1 Å². The molecule has 0 saturated heterocycles. The minimum atomic E-state index is -0.458. The van der Waals surface area contributed by atoms with E-state index in [9.17, 15) is 9.59 Å². The largest absolute Gasteiger partial charge is 0.483 e. The van der Waals surface area contributed by atoms with Crippen molar-refractivity contribution in [1.82, 2.24) is 16.2 Å². The van der Waals surface area contributed by atoms with Gasteiger partial charge in [-0.05, 0) is 60.5 Å². The van der Waals surface area contributed by atoms with Crippen LogP contribution < -0.4 is 20.9 Å². The fourth-order valence-electron chi connectivity index (χ4n) is 2.28. The van der Waals surface area contributed by atoms with Gasteiger partial charge in [-0.25, -0.2) is 0 Å². The smallest absolute Gasteiger partial charge is 0.276 e. The van der Waals surface area contributed by atoms with Crippen LogP contribution in [-0.4, -0.2) is 23.5 Å². The van der Waals surface area contributed by atoms with Crippen molar-refractivity contribution in [2.75, 3.05) is 6.61 Å². The Labute approximate surface area is 169 Å². The molecule has 0 fully saturated rings. The third-order valence-electron chi connectivity index (χ3n) is 3.64. The monoisotopic (exact) mass is 401 g/mol. The highest BCUT2D eigenvalue weighted by Crippen LogP contribution is 2.27. The first-order valence-corrected chi connectivity index (χ1v) is 9.10. The van der Waals surface area contributed by atoms with E-state index in [1.807, 2.05) is 25.1 Å². The zero-order valence-corrected chi connectivity index (χ0v) is 16.8. The average molecular weight is 401 g/mol. The summed E-state index contributed by atoms with van der Waals surface area (Å²) in [5.41, 5.74) is 6.90. The second-order valence-corrected chi connectivity index (χ2v) is 6.73. The number of carbonyl (C=O) groups is 2. The Morgan fingerprint density at radius 2 is 2.04 bits per heavy atom. The molecule has 2 aromatic rings. The Balaban J connectivity index is 1.75. The first-order valence-electron chi connectivity index (χ1n) is 8.70. The summed E-state index contributed by atoms with van der Waals surface area (Å²) in [6.45, 7) is 5.88. The number of nitrogens with one attached hydrogen (secondary N) is 3. The second kappa shape index (κ2) is 10.3. The average Bonchev–Trinajstić information content (AvgIpc) is 3.16. The van der Waals surface area contributed by atoms with E-state index in [4.69, 9.17) is 21.4 Å². The van der Waals surface area contributed by atoms with E-state index in [-0.39, 0.29) is 17.6 Å². The Bertz CT molecular complexity index is 860. The first kappa shape index (κ1) is 21.2. The summed E-state index contributed by atoms with van der Waals surface area (Å²) >= 11 is 4.96. The lowest BCUT2D eigenvalue weighted by atomic mass is 10.0. The molecule has 28 heavy (non-hydrogen) atoms. The normalized spacial score (nSPS) is 10.7. The summed E-state index contributed by atoms with van der Waals surface area (Å²) in [5.74, 6) is 0.592. The fourth-order valence-corrected chi connectivity index (χ4v) is 2.43. The number of amides is 2. The standard InChI is InChI=1S/C20H23N3O4S/c1-13(2)16-8-6-14(3)11-17(16)27-12-19(25)22-23-20(28)21-18(24)9-7-15-5-4-10-26-15/h4-11,13H,12H2,1-3H3,(H,22,25)(H2,21,23,24,28)/b9-7+. The summed E-state index contributed by atoms with van der Waals surface area (Å²) in [7, 11) is 0. The van der Waals surface area contributed by atoms with E-state index in [1.165, 1.54) is 18.4 Å². The van der Waals surface area contributed by atoms with Gasteiger partial charge < -0.3 is 9.15 Å². The number of aryl methyl sites for hydroxylation is 1. The molecule has 0 unspecified atom stereocenters. The van der Waals surface area contributed by atoms with Crippen molar-refractivity contribution in [1.29, 1.82) is 0 Å². The van der Waals surface area contributed by atoms with Gasteiger partial charge in [-0.1, -0.05) is 26.0 Å². The minimum absolute atomic E-state index is 0.0409. The molecule has 2 amide bonds. The molecule has 0 aliphatic rings. The predicted octanol–water partition coefficient (Wildman–Crippen LogP) is 2.83. The predicted molar refractivity (Wildman–Crippen MR) is 111 cm³/mol. The van der Waals surface area contributed by atoms with Crippen LogP contribution in [0, 0.1) is 6.92 Å². The molecule has 7 nitrogen and oxygen atoms in total. The zero-order valence-electron chi connectivity index (χ0n) is 15.9. The van der Waals surface area contributed by atoms with Crippen LogP contribution in [0.1, 0.15) is 36.7 Å². The molecule has 1 aromatic heterocycles. The number of furan rings is 1. The number of hydrogen-bond acceptors (Lipinski definition) is 5. The molecular weight excluding hydrogens is 378 g/mol. The maximum atomic E-state index is 12.0. The molecule has 148 valence electrons. The first-order chi connectivity index (χ1) is 13.3. The van der Waals surface area contributed by atoms with Gasteiger partial charge >= 0.3 is 0 Å².